The number of hydrogen-bond acceptors (Lipinski definition) is 4. The number of fused-ring (bicyclic) bond motifs is 4. The molecule has 0 saturated carbocycles. The van der Waals surface area contributed by atoms with Crippen molar-refractivity contribution in [3.63, 3.8) is 0 Å². The first-order valence-corrected chi connectivity index (χ1v) is 22.4. The van der Waals surface area contributed by atoms with E-state index >= 15 is 0 Å². The number of para-hydroxylation sites is 2. The van der Waals surface area contributed by atoms with E-state index in [4.69, 9.17) is 15.4 Å². The molecule has 4 heteroatoms. The second kappa shape index (κ2) is 17.5. The summed E-state index contributed by atoms with van der Waals surface area (Å²) < 4.78 is 13.6. The lowest BCUT2D eigenvalue weighted by Gasteiger charge is -2.34. The monoisotopic (exact) mass is 848 g/mol. The molecule has 0 amide bonds. The van der Waals surface area contributed by atoms with Gasteiger partial charge >= 0.3 is 0 Å². The average molecular weight is 849 g/mol. The molecule has 0 radical (unpaired) electrons. The number of nitrogens with zero attached hydrogens (tertiary/aromatic N) is 2. The maximum Gasteiger partial charge on any atom is 0.159 e. The number of rotatable bonds is 12. The number of anilines is 3. The fraction of sp³-hybridized carbons (Fsp3) is 0.148. The standard InChI is InChI=1S/C61H56N2O2/c1-11-18-44-32-34-51-52(63(55-36-39(6)27-29-41(55)8)54-25-17-23-50-49-22-16-20-42(9)59(49)65-61(50)54)35-33-45-30-31-46(57(44)58(45)51)37-62(43(10)40(7)28-26-38(4)5)53-24-15-14-21-48-47(19-12-2)56(13-3)64-60(48)53/h11-36,53H,1,3,10,37H2,2,4-9H3/b19-12-,40-28-,44-18-. The van der Waals surface area contributed by atoms with Gasteiger partial charge < -0.3 is 18.6 Å². The number of hydrogen-bond donors (Lipinski definition) is 0. The van der Waals surface area contributed by atoms with Gasteiger partial charge in [-0.1, -0.05) is 159 Å². The lowest BCUT2D eigenvalue weighted by Crippen LogP contribution is -2.28. The zero-order valence-electron chi connectivity index (χ0n) is 38.6. The Hall–Kier alpha value is -7.56. The van der Waals surface area contributed by atoms with Crippen molar-refractivity contribution in [2.75, 3.05) is 4.90 Å². The maximum absolute atomic E-state index is 6.88. The Morgan fingerprint density at radius 3 is 2.29 bits per heavy atom. The number of aryl methyl sites for hydroxylation is 3. The van der Waals surface area contributed by atoms with Crippen LogP contribution >= 0.6 is 0 Å². The molecule has 2 aromatic heterocycles. The minimum Gasteiger partial charge on any atom is -0.458 e. The molecule has 1 aliphatic rings. The third-order valence-electron chi connectivity index (χ3n) is 12.7. The van der Waals surface area contributed by atoms with Gasteiger partial charge in [-0.3, -0.25) is 0 Å². The molecule has 1 atom stereocenters. The molecule has 0 saturated heterocycles. The van der Waals surface area contributed by atoms with Crippen LogP contribution < -0.4 is 10.1 Å². The van der Waals surface area contributed by atoms with Crippen LogP contribution in [0.25, 0.3) is 67.8 Å². The summed E-state index contributed by atoms with van der Waals surface area (Å²) in [4.78, 5) is 4.80. The molecule has 0 N–H and O–H groups in total. The van der Waals surface area contributed by atoms with Gasteiger partial charge in [0, 0.05) is 45.2 Å². The third kappa shape index (κ3) is 7.59. The lowest BCUT2D eigenvalue weighted by molar-refractivity contribution is 0.261. The van der Waals surface area contributed by atoms with Gasteiger partial charge in [-0.05, 0) is 122 Å². The highest BCUT2D eigenvalue weighted by atomic mass is 16.3. The molecule has 0 spiro atoms. The van der Waals surface area contributed by atoms with Crippen LogP contribution in [0.5, 0.6) is 0 Å². The van der Waals surface area contributed by atoms with Gasteiger partial charge in [0.1, 0.15) is 23.1 Å². The topological polar surface area (TPSA) is 32.8 Å². The normalized spacial score (nSPS) is 14.2. The van der Waals surface area contributed by atoms with Crippen molar-refractivity contribution in [1.82, 2.24) is 4.90 Å². The van der Waals surface area contributed by atoms with Gasteiger partial charge in [0.25, 0.3) is 0 Å². The highest BCUT2D eigenvalue weighted by Crippen LogP contribution is 2.47. The predicted molar refractivity (Wildman–Crippen MR) is 280 cm³/mol. The van der Waals surface area contributed by atoms with Crippen LogP contribution in [0.2, 0.25) is 0 Å². The summed E-state index contributed by atoms with van der Waals surface area (Å²) in [5.74, 6) is 1.61. The number of furan rings is 2. The summed E-state index contributed by atoms with van der Waals surface area (Å²) in [6.07, 6.45) is 22.9. The first-order valence-electron chi connectivity index (χ1n) is 22.4. The molecule has 0 bridgehead atoms. The average Bonchev–Trinajstić information content (AvgIpc) is 3.79. The van der Waals surface area contributed by atoms with E-state index in [1.165, 1.54) is 27.5 Å². The van der Waals surface area contributed by atoms with Gasteiger partial charge in [-0.25, -0.2) is 0 Å². The summed E-state index contributed by atoms with van der Waals surface area (Å²) >= 11 is 0. The van der Waals surface area contributed by atoms with Crippen LogP contribution in [0, 0.1) is 20.8 Å². The molecular weight excluding hydrogens is 793 g/mol. The van der Waals surface area contributed by atoms with Gasteiger partial charge in [-0.2, -0.15) is 0 Å². The van der Waals surface area contributed by atoms with Crippen molar-refractivity contribution in [3.8, 4) is 0 Å². The first-order chi connectivity index (χ1) is 31.5. The lowest BCUT2D eigenvalue weighted by atomic mass is 9.92. The van der Waals surface area contributed by atoms with Crippen LogP contribution in [0.3, 0.4) is 0 Å². The van der Waals surface area contributed by atoms with Gasteiger partial charge in [0.2, 0.25) is 0 Å². The van der Waals surface area contributed by atoms with E-state index in [2.05, 4.69) is 210 Å². The molecule has 4 nitrogen and oxygen atoms in total. The summed E-state index contributed by atoms with van der Waals surface area (Å²) in [5.41, 5.74) is 14.8. The maximum atomic E-state index is 6.88. The second-order valence-corrected chi connectivity index (χ2v) is 17.4. The highest BCUT2D eigenvalue weighted by Gasteiger charge is 2.30. The largest absolute Gasteiger partial charge is 0.458 e. The Bertz CT molecular complexity index is 3440. The fourth-order valence-electron chi connectivity index (χ4n) is 9.49. The summed E-state index contributed by atoms with van der Waals surface area (Å²) in [6, 6.07) is 33.0. The van der Waals surface area contributed by atoms with Crippen LogP contribution in [0.15, 0.2) is 179 Å². The first kappa shape index (κ1) is 42.7. The van der Waals surface area contributed by atoms with Crippen LogP contribution in [0.4, 0.5) is 17.1 Å². The van der Waals surface area contributed by atoms with E-state index in [9.17, 15) is 0 Å². The Labute approximate surface area is 383 Å². The summed E-state index contributed by atoms with van der Waals surface area (Å²) in [6.45, 7) is 28.5. The van der Waals surface area contributed by atoms with Gasteiger partial charge in [-0.15, -0.1) is 0 Å². The van der Waals surface area contributed by atoms with Crippen LogP contribution in [-0.4, -0.2) is 4.90 Å². The van der Waals surface area contributed by atoms with E-state index in [0.717, 1.165) is 100 Å². The molecule has 0 fully saturated rings. The fourth-order valence-corrected chi connectivity index (χ4v) is 9.49. The Balaban J connectivity index is 1.30. The molecule has 322 valence electrons. The molecular formula is C61H56N2O2. The van der Waals surface area contributed by atoms with Crippen LogP contribution in [-0.2, 0) is 6.54 Å². The molecule has 0 aliphatic heterocycles. The molecule has 1 aliphatic carbocycles. The summed E-state index contributed by atoms with van der Waals surface area (Å²) in [7, 11) is 0. The van der Waals surface area contributed by atoms with Crippen molar-refractivity contribution < 1.29 is 8.83 Å². The Morgan fingerprint density at radius 1 is 0.738 bits per heavy atom. The van der Waals surface area contributed by atoms with E-state index in [1.807, 2.05) is 13.0 Å². The Kier molecular flexibility index (Phi) is 11.5. The van der Waals surface area contributed by atoms with Crippen molar-refractivity contribution >= 4 is 84.8 Å². The molecule has 2 heterocycles. The quantitative estimate of drug-likeness (QED) is 0.115. The van der Waals surface area contributed by atoms with Crippen molar-refractivity contribution in [1.29, 1.82) is 0 Å². The number of allylic oxidation sites excluding steroid dienone is 8. The van der Waals surface area contributed by atoms with Gasteiger partial charge in [0.05, 0.1) is 11.4 Å². The molecule has 6 aromatic carbocycles. The highest BCUT2D eigenvalue weighted by molar-refractivity contribution is 6.18. The molecule has 9 rings (SSSR count). The van der Waals surface area contributed by atoms with Crippen molar-refractivity contribution in [2.24, 2.45) is 0 Å². The van der Waals surface area contributed by atoms with E-state index in [0.29, 0.717) is 6.54 Å². The van der Waals surface area contributed by atoms with Gasteiger partial charge in [0.15, 0.2) is 5.58 Å². The van der Waals surface area contributed by atoms with Crippen molar-refractivity contribution in [3.05, 3.63) is 220 Å². The van der Waals surface area contributed by atoms with E-state index in [1.54, 1.807) is 6.08 Å². The smallest absolute Gasteiger partial charge is 0.159 e. The molecule has 65 heavy (non-hydrogen) atoms. The third-order valence-corrected chi connectivity index (χ3v) is 12.7. The summed E-state index contributed by atoms with van der Waals surface area (Å²) in [5, 5.41) is 7.95. The van der Waals surface area contributed by atoms with Crippen molar-refractivity contribution in [2.45, 2.75) is 61.1 Å². The van der Waals surface area contributed by atoms with Crippen LogP contribution in [0.1, 0.15) is 78.6 Å². The number of benzene rings is 6. The molecule has 8 aromatic rings. The molecule has 1 unspecified atom stereocenters. The van der Waals surface area contributed by atoms with E-state index in [-0.39, 0.29) is 6.04 Å². The zero-order valence-corrected chi connectivity index (χ0v) is 38.6. The Morgan fingerprint density at radius 2 is 1.52 bits per heavy atom. The SMILES string of the molecule is C=C/C=c1/ccc2c(N(c3cc(C)ccc3C)c3cccc4c3oc3c(C)cccc34)ccc3ccc(CN(C(=C)/C(C)=C\C=C(C)C)C4C=CC=Cc5c4oc(C=C)c5/C=C\C)c1c32. The predicted octanol–water partition coefficient (Wildman–Crippen LogP) is 16.8. The minimum atomic E-state index is -0.271. The second-order valence-electron chi connectivity index (χ2n) is 17.4. The zero-order chi connectivity index (χ0) is 45.5. The minimum absolute atomic E-state index is 0.271. The van der Waals surface area contributed by atoms with E-state index < -0.39 is 0 Å².